The summed E-state index contributed by atoms with van der Waals surface area (Å²) < 4.78 is 4.56. The summed E-state index contributed by atoms with van der Waals surface area (Å²) in [5, 5.41) is 3.48. The van der Waals surface area contributed by atoms with Crippen molar-refractivity contribution in [3.05, 3.63) is 23.9 Å². The lowest BCUT2D eigenvalue weighted by Crippen LogP contribution is -2.41. The number of carbonyl (C=O) groups excluding carboxylic acids is 2. The Bertz CT molecular complexity index is 531. The molecule has 0 saturated carbocycles. The number of alkyl carbamates (subject to hydrolysis) is 1. The van der Waals surface area contributed by atoms with Crippen LogP contribution in [0, 0.1) is 5.92 Å². The number of pyridine rings is 1. The van der Waals surface area contributed by atoms with Gasteiger partial charge < -0.3 is 15.0 Å². The fourth-order valence-electron chi connectivity index (χ4n) is 2.53. The summed E-state index contributed by atoms with van der Waals surface area (Å²) in [6.07, 6.45) is 4.98. The zero-order valence-corrected chi connectivity index (χ0v) is 13.7. The number of rotatable bonds is 4. The van der Waals surface area contributed by atoms with Gasteiger partial charge in [-0.3, -0.25) is 4.79 Å². The number of hydrogen-bond acceptors (Lipinski definition) is 5. The van der Waals surface area contributed by atoms with Crippen molar-refractivity contribution < 1.29 is 14.3 Å². The van der Waals surface area contributed by atoms with E-state index in [1.165, 1.54) is 18.9 Å². The predicted molar refractivity (Wildman–Crippen MR) is 85.1 cm³/mol. The summed E-state index contributed by atoms with van der Waals surface area (Å²) in [6, 6.07) is 3.62. The molecule has 2 amide bonds. The first-order valence-electron chi connectivity index (χ1n) is 7.25. The largest absolute Gasteiger partial charge is 0.453 e. The van der Waals surface area contributed by atoms with Crippen molar-refractivity contribution in [3.63, 3.8) is 0 Å². The summed E-state index contributed by atoms with van der Waals surface area (Å²) in [4.78, 5) is 29.8. The number of thioether (sulfide) groups is 1. The van der Waals surface area contributed by atoms with Crippen LogP contribution < -0.4 is 5.32 Å². The van der Waals surface area contributed by atoms with Gasteiger partial charge in [-0.15, -0.1) is 11.8 Å². The van der Waals surface area contributed by atoms with Gasteiger partial charge >= 0.3 is 6.09 Å². The highest BCUT2D eigenvalue weighted by Gasteiger charge is 2.25. The third-order valence-electron chi connectivity index (χ3n) is 3.82. The molecule has 1 N–H and O–H groups in total. The first-order chi connectivity index (χ1) is 10.7. The number of carbonyl (C=O) groups is 2. The van der Waals surface area contributed by atoms with Crippen LogP contribution in [0.5, 0.6) is 0 Å². The molecular weight excluding hydrogens is 302 g/mol. The van der Waals surface area contributed by atoms with Crippen LogP contribution in [0.2, 0.25) is 0 Å². The van der Waals surface area contributed by atoms with Gasteiger partial charge in [-0.2, -0.15) is 0 Å². The molecule has 6 nitrogen and oxygen atoms in total. The lowest BCUT2D eigenvalue weighted by Gasteiger charge is -2.32. The topological polar surface area (TPSA) is 71.5 Å². The van der Waals surface area contributed by atoms with E-state index in [0.717, 1.165) is 17.9 Å². The fourth-order valence-corrected chi connectivity index (χ4v) is 3.07. The van der Waals surface area contributed by atoms with Gasteiger partial charge in [0.25, 0.3) is 5.91 Å². The van der Waals surface area contributed by atoms with Gasteiger partial charge in [0, 0.05) is 25.8 Å². The molecule has 1 fully saturated rings. The van der Waals surface area contributed by atoms with Crippen LogP contribution in [0.15, 0.2) is 23.4 Å². The minimum absolute atomic E-state index is 0.0387. The van der Waals surface area contributed by atoms with Gasteiger partial charge in [-0.1, -0.05) is 0 Å². The zero-order valence-electron chi connectivity index (χ0n) is 12.9. The SMILES string of the molecule is COC(=O)NCC1CCN(C(=O)c2cccnc2SC)CC1. The molecule has 0 aliphatic carbocycles. The molecule has 0 spiro atoms. The second-order valence-corrected chi connectivity index (χ2v) is 5.96. The second kappa shape index (κ2) is 8.03. The zero-order chi connectivity index (χ0) is 15.9. The van der Waals surface area contributed by atoms with Crippen molar-refractivity contribution in [1.29, 1.82) is 0 Å². The van der Waals surface area contributed by atoms with Crippen molar-refractivity contribution in [1.82, 2.24) is 15.2 Å². The van der Waals surface area contributed by atoms with Crippen LogP contribution >= 0.6 is 11.8 Å². The molecule has 0 radical (unpaired) electrons. The van der Waals surface area contributed by atoms with Gasteiger partial charge in [-0.25, -0.2) is 9.78 Å². The van der Waals surface area contributed by atoms with E-state index >= 15 is 0 Å². The predicted octanol–water partition coefficient (Wildman–Crippen LogP) is 2.01. The van der Waals surface area contributed by atoms with Crippen LogP contribution in [-0.2, 0) is 4.74 Å². The quantitative estimate of drug-likeness (QED) is 0.858. The Morgan fingerprint density at radius 3 is 2.82 bits per heavy atom. The van der Waals surface area contributed by atoms with Gasteiger partial charge in [0.15, 0.2) is 0 Å². The molecular formula is C15H21N3O3S. The van der Waals surface area contributed by atoms with Crippen molar-refractivity contribution in [2.45, 2.75) is 17.9 Å². The molecule has 1 aliphatic heterocycles. The number of likely N-dealkylation sites (tertiary alicyclic amines) is 1. The maximum atomic E-state index is 12.6. The standard InChI is InChI=1S/C15H21N3O3S/c1-21-15(20)17-10-11-5-8-18(9-6-11)14(19)12-4-3-7-16-13(12)22-2/h3-4,7,11H,5-6,8-10H2,1-2H3,(H,17,20). The molecule has 2 rings (SSSR count). The number of nitrogens with one attached hydrogen (secondary N) is 1. The highest BCUT2D eigenvalue weighted by molar-refractivity contribution is 7.98. The van der Waals surface area contributed by atoms with Crippen molar-refractivity contribution in [2.75, 3.05) is 33.0 Å². The Labute approximate surface area is 134 Å². The first kappa shape index (κ1) is 16.6. The molecule has 1 aromatic heterocycles. The number of aromatic nitrogens is 1. The Morgan fingerprint density at radius 1 is 1.45 bits per heavy atom. The summed E-state index contributed by atoms with van der Waals surface area (Å²) in [5.74, 6) is 0.425. The van der Waals surface area contributed by atoms with E-state index in [2.05, 4.69) is 15.0 Å². The van der Waals surface area contributed by atoms with Crippen LogP contribution in [0.4, 0.5) is 4.79 Å². The molecule has 0 bridgehead atoms. The first-order valence-corrected chi connectivity index (χ1v) is 8.48. The van der Waals surface area contributed by atoms with E-state index in [0.29, 0.717) is 31.1 Å². The number of nitrogens with zero attached hydrogens (tertiary/aromatic N) is 2. The molecule has 0 atom stereocenters. The van der Waals surface area contributed by atoms with Crippen molar-refractivity contribution in [3.8, 4) is 0 Å². The molecule has 2 heterocycles. The third-order valence-corrected chi connectivity index (χ3v) is 4.53. The molecule has 1 aromatic rings. The summed E-state index contributed by atoms with van der Waals surface area (Å²) >= 11 is 1.48. The summed E-state index contributed by atoms with van der Waals surface area (Å²) in [5.41, 5.74) is 0.668. The Hall–Kier alpha value is -1.76. The van der Waals surface area contributed by atoms with Gasteiger partial charge in [0.1, 0.15) is 5.03 Å². The Balaban J connectivity index is 1.88. The van der Waals surface area contributed by atoms with Crippen LogP contribution in [-0.4, -0.2) is 54.9 Å². The number of hydrogen-bond donors (Lipinski definition) is 1. The number of piperidine rings is 1. The van der Waals surface area contributed by atoms with Crippen LogP contribution in [0.3, 0.4) is 0 Å². The summed E-state index contributed by atoms with van der Waals surface area (Å²) in [6.45, 7) is 2.00. The Kier molecular flexibility index (Phi) is 6.06. The van der Waals surface area contributed by atoms with E-state index in [1.807, 2.05) is 17.2 Å². The minimum Gasteiger partial charge on any atom is -0.453 e. The average molecular weight is 323 g/mol. The molecule has 0 aromatic carbocycles. The average Bonchev–Trinajstić information content (AvgIpc) is 2.59. The van der Waals surface area contributed by atoms with Crippen LogP contribution in [0.25, 0.3) is 0 Å². The molecule has 1 saturated heterocycles. The van der Waals surface area contributed by atoms with E-state index in [9.17, 15) is 9.59 Å². The lowest BCUT2D eigenvalue weighted by molar-refractivity contribution is 0.0684. The second-order valence-electron chi connectivity index (χ2n) is 5.17. The van der Waals surface area contributed by atoms with Crippen molar-refractivity contribution in [2.24, 2.45) is 5.92 Å². The molecule has 0 unspecified atom stereocenters. The molecule has 7 heteroatoms. The molecule has 22 heavy (non-hydrogen) atoms. The number of amides is 2. The normalized spacial score (nSPS) is 15.5. The van der Waals surface area contributed by atoms with Crippen LogP contribution in [0.1, 0.15) is 23.2 Å². The smallest absolute Gasteiger partial charge is 0.406 e. The maximum Gasteiger partial charge on any atom is 0.406 e. The highest BCUT2D eigenvalue weighted by Crippen LogP contribution is 2.22. The van der Waals surface area contributed by atoms with E-state index in [-0.39, 0.29) is 5.91 Å². The highest BCUT2D eigenvalue weighted by atomic mass is 32.2. The monoisotopic (exact) mass is 323 g/mol. The minimum atomic E-state index is -0.404. The number of methoxy groups -OCH3 is 1. The van der Waals surface area contributed by atoms with Crippen molar-refractivity contribution >= 4 is 23.8 Å². The number of ether oxygens (including phenoxy) is 1. The van der Waals surface area contributed by atoms with E-state index < -0.39 is 6.09 Å². The molecule has 120 valence electrons. The van der Waals surface area contributed by atoms with Gasteiger partial charge in [0.2, 0.25) is 0 Å². The fraction of sp³-hybridized carbons (Fsp3) is 0.533. The maximum absolute atomic E-state index is 12.6. The van der Waals surface area contributed by atoms with E-state index in [1.54, 1.807) is 12.3 Å². The van der Waals surface area contributed by atoms with E-state index in [4.69, 9.17) is 0 Å². The van der Waals surface area contributed by atoms with Gasteiger partial charge in [-0.05, 0) is 37.1 Å². The third kappa shape index (κ3) is 4.13. The molecule has 1 aliphatic rings. The Morgan fingerprint density at radius 2 is 2.18 bits per heavy atom. The van der Waals surface area contributed by atoms with Gasteiger partial charge in [0.05, 0.1) is 12.7 Å². The lowest BCUT2D eigenvalue weighted by atomic mass is 9.96. The summed E-state index contributed by atoms with van der Waals surface area (Å²) in [7, 11) is 1.35.